The molecule has 1 aromatic carbocycles. The second-order valence-electron chi connectivity index (χ2n) is 9.48. The molecule has 2 aliphatic rings. The molecule has 4 nitrogen and oxygen atoms in total. The van der Waals surface area contributed by atoms with Crippen molar-refractivity contribution in [1.29, 1.82) is 0 Å². The summed E-state index contributed by atoms with van der Waals surface area (Å²) in [6, 6.07) is 6.45. The van der Waals surface area contributed by atoms with E-state index in [0.29, 0.717) is 5.92 Å². The average Bonchev–Trinajstić information content (AvgIpc) is 3.41. The van der Waals surface area contributed by atoms with E-state index in [1.54, 1.807) is 11.3 Å². The third kappa shape index (κ3) is 4.60. The quantitative estimate of drug-likeness (QED) is 0.358. The maximum Gasteiger partial charge on any atom is 0.0959 e. The third-order valence-corrected chi connectivity index (χ3v) is 8.72. The van der Waals surface area contributed by atoms with E-state index in [0.717, 1.165) is 84.7 Å². The maximum absolute atomic E-state index is 6.89. The van der Waals surface area contributed by atoms with Gasteiger partial charge >= 0.3 is 0 Å². The lowest BCUT2D eigenvalue weighted by atomic mass is 9.86. The van der Waals surface area contributed by atoms with Gasteiger partial charge in [0.15, 0.2) is 0 Å². The van der Waals surface area contributed by atoms with E-state index in [1.807, 2.05) is 6.20 Å². The van der Waals surface area contributed by atoms with Crippen LogP contribution in [0.5, 0.6) is 0 Å². The molecule has 0 N–H and O–H groups in total. The molecule has 1 saturated heterocycles. The molecular weight excluding hydrogens is 460 g/mol. The van der Waals surface area contributed by atoms with E-state index in [1.165, 1.54) is 29.1 Å². The molecule has 1 atom stereocenters. The van der Waals surface area contributed by atoms with E-state index in [4.69, 9.17) is 16.6 Å². The molecule has 0 bridgehead atoms. The Bertz CT molecular complexity index is 1190. The highest BCUT2D eigenvalue weighted by atomic mass is 35.5. The highest BCUT2D eigenvalue weighted by Crippen LogP contribution is 2.39. The standard InChI is InChI=1S/C28H33ClN4S/c1-4-5-6-19(2)32-12-14-33(15-13-32)20(3)21-7-9-23-25(17-21)31-26-18-22(28-30-11-16-34-28)8-10-24(26)27(23)29/h7,9,11,16-17,22H,2-6,8,10,12-15,18H2,1H3. The summed E-state index contributed by atoms with van der Waals surface area (Å²) >= 11 is 8.64. The number of nitrogens with zero attached hydrogens (tertiary/aromatic N) is 4. The van der Waals surface area contributed by atoms with Gasteiger partial charge in [-0.1, -0.05) is 50.2 Å². The molecule has 2 aromatic heterocycles. The smallest absolute Gasteiger partial charge is 0.0959 e. The number of allylic oxidation sites excluding steroid dienone is 1. The molecule has 0 radical (unpaired) electrons. The summed E-state index contributed by atoms with van der Waals surface area (Å²) in [5.74, 6) is 0.440. The molecule has 178 valence electrons. The van der Waals surface area contributed by atoms with Gasteiger partial charge in [0.05, 0.1) is 15.5 Å². The van der Waals surface area contributed by atoms with Crippen molar-refractivity contribution in [2.24, 2.45) is 0 Å². The molecule has 34 heavy (non-hydrogen) atoms. The van der Waals surface area contributed by atoms with Crippen molar-refractivity contribution in [2.45, 2.75) is 51.4 Å². The Kier molecular flexibility index (Phi) is 6.94. The van der Waals surface area contributed by atoms with Gasteiger partial charge in [-0.2, -0.15) is 0 Å². The van der Waals surface area contributed by atoms with Crippen molar-refractivity contribution >= 4 is 39.5 Å². The molecule has 5 rings (SSSR count). The minimum Gasteiger partial charge on any atom is -0.372 e. The molecule has 0 spiro atoms. The van der Waals surface area contributed by atoms with Gasteiger partial charge in [0, 0.05) is 66.1 Å². The molecule has 1 unspecified atom stereocenters. The first kappa shape index (κ1) is 23.4. The van der Waals surface area contributed by atoms with Crippen LogP contribution in [0.1, 0.15) is 60.4 Å². The van der Waals surface area contributed by atoms with Gasteiger partial charge in [-0.3, -0.25) is 4.98 Å². The Balaban J connectivity index is 1.33. The average molecular weight is 493 g/mol. The number of hydrogen-bond acceptors (Lipinski definition) is 5. The van der Waals surface area contributed by atoms with Gasteiger partial charge in [0.25, 0.3) is 0 Å². The molecule has 3 heterocycles. The highest BCUT2D eigenvalue weighted by Gasteiger charge is 2.26. The van der Waals surface area contributed by atoms with Gasteiger partial charge in [-0.15, -0.1) is 11.3 Å². The minimum atomic E-state index is 0.440. The zero-order valence-electron chi connectivity index (χ0n) is 20.0. The number of rotatable bonds is 7. The van der Waals surface area contributed by atoms with Crippen molar-refractivity contribution in [3.05, 3.63) is 75.5 Å². The lowest BCUT2D eigenvalue weighted by molar-refractivity contribution is 0.209. The van der Waals surface area contributed by atoms with Crippen LogP contribution in [0.4, 0.5) is 0 Å². The number of aromatic nitrogens is 2. The lowest BCUT2D eigenvalue weighted by Gasteiger charge is -2.39. The van der Waals surface area contributed by atoms with Gasteiger partial charge in [-0.05, 0) is 49.3 Å². The summed E-state index contributed by atoms with van der Waals surface area (Å²) in [4.78, 5) is 14.5. The number of benzene rings is 1. The largest absolute Gasteiger partial charge is 0.372 e. The maximum atomic E-state index is 6.89. The fraction of sp³-hybridized carbons (Fsp3) is 0.429. The number of fused-ring (bicyclic) bond motifs is 2. The van der Waals surface area contributed by atoms with Crippen molar-refractivity contribution in [1.82, 2.24) is 19.8 Å². The van der Waals surface area contributed by atoms with E-state index in [2.05, 4.69) is 58.4 Å². The van der Waals surface area contributed by atoms with Crippen LogP contribution in [0.2, 0.25) is 5.02 Å². The summed E-state index contributed by atoms with van der Waals surface area (Å²) in [5, 5.41) is 5.18. The SMILES string of the molecule is C=C(CCCC)N1CCN(C(=C)c2ccc3c(Cl)c4c(nc3c2)CC(c2nccs2)CC4)CC1. The Labute approximate surface area is 212 Å². The highest BCUT2D eigenvalue weighted by molar-refractivity contribution is 7.09. The summed E-state index contributed by atoms with van der Waals surface area (Å²) in [7, 11) is 0. The van der Waals surface area contributed by atoms with Crippen LogP contribution in [0.15, 0.2) is 48.6 Å². The van der Waals surface area contributed by atoms with Gasteiger partial charge in [-0.25, -0.2) is 4.98 Å². The van der Waals surface area contributed by atoms with Gasteiger partial charge < -0.3 is 9.80 Å². The Hall–Kier alpha value is -2.37. The Morgan fingerprint density at radius 2 is 1.97 bits per heavy atom. The molecular formula is C28H33ClN4S. The normalized spacial score (nSPS) is 18.2. The van der Waals surface area contributed by atoms with E-state index >= 15 is 0 Å². The fourth-order valence-electron chi connectivity index (χ4n) is 5.23. The van der Waals surface area contributed by atoms with Crippen molar-refractivity contribution in [3.63, 3.8) is 0 Å². The fourth-order valence-corrected chi connectivity index (χ4v) is 6.37. The van der Waals surface area contributed by atoms with Crippen LogP contribution in [-0.4, -0.2) is 45.9 Å². The van der Waals surface area contributed by atoms with Crippen molar-refractivity contribution in [2.75, 3.05) is 26.2 Å². The van der Waals surface area contributed by atoms with Crippen LogP contribution in [0.25, 0.3) is 16.6 Å². The second-order valence-corrected chi connectivity index (χ2v) is 10.8. The van der Waals surface area contributed by atoms with Crippen molar-refractivity contribution in [3.8, 4) is 0 Å². The van der Waals surface area contributed by atoms with Gasteiger partial charge in [0.2, 0.25) is 0 Å². The summed E-state index contributed by atoms with van der Waals surface area (Å²) < 4.78 is 0. The monoisotopic (exact) mass is 492 g/mol. The summed E-state index contributed by atoms with van der Waals surface area (Å²) in [5.41, 5.74) is 6.78. The number of pyridine rings is 1. The number of piperazine rings is 1. The predicted molar refractivity (Wildman–Crippen MR) is 144 cm³/mol. The first-order valence-electron chi connectivity index (χ1n) is 12.4. The lowest BCUT2D eigenvalue weighted by Crippen LogP contribution is -2.44. The Morgan fingerprint density at radius 3 is 2.71 bits per heavy atom. The van der Waals surface area contributed by atoms with Gasteiger partial charge in [0.1, 0.15) is 0 Å². The minimum absolute atomic E-state index is 0.440. The van der Waals surface area contributed by atoms with Crippen LogP contribution in [-0.2, 0) is 12.8 Å². The van der Waals surface area contributed by atoms with E-state index in [9.17, 15) is 0 Å². The van der Waals surface area contributed by atoms with Crippen LogP contribution >= 0.6 is 22.9 Å². The topological polar surface area (TPSA) is 32.3 Å². The molecule has 0 amide bonds. The first-order valence-corrected chi connectivity index (χ1v) is 13.7. The molecule has 6 heteroatoms. The van der Waals surface area contributed by atoms with Crippen LogP contribution in [0, 0.1) is 0 Å². The number of unbranched alkanes of at least 4 members (excludes halogenated alkanes) is 1. The second kappa shape index (κ2) is 10.1. The molecule has 1 fully saturated rings. The van der Waals surface area contributed by atoms with E-state index in [-0.39, 0.29) is 0 Å². The summed E-state index contributed by atoms with van der Waals surface area (Å²) in [6.45, 7) is 14.9. The van der Waals surface area contributed by atoms with Crippen molar-refractivity contribution < 1.29 is 0 Å². The first-order chi connectivity index (χ1) is 16.5. The molecule has 3 aromatic rings. The Morgan fingerprint density at radius 1 is 1.18 bits per heavy atom. The van der Waals surface area contributed by atoms with Crippen LogP contribution in [0.3, 0.4) is 0 Å². The van der Waals surface area contributed by atoms with Crippen LogP contribution < -0.4 is 0 Å². The summed E-state index contributed by atoms with van der Waals surface area (Å²) in [6.07, 6.45) is 8.38. The molecule has 1 aliphatic carbocycles. The number of hydrogen-bond donors (Lipinski definition) is 0. The predicted octanol–water partition coefficient (Wildman–Crippen LogP) is 6.91. The molecule has 0 saturated carbocycles. The number of thiazole rings is 1. The zero-order valence-corrected chi connectivity index (χ0v) is 21.6. The van der Waals surface area contributed by atoms with E-state index < -0.39 is 0 Å². The molecule has 1 aliphatic heterocycles. The number of halogens is 1. The zero-order chi connectivity index (χ0) is 23.7. The third-order valence-electron chi connectivity index (χ3n) is 7.35.